The van der Waals surface area contributed by atoms with Crippen molar-refractivity contribution >= 4 is 55.5 Å². The number of rotatable bonds is 4. The Hall–Kier alpha value is -4.19. The molecule has 6 rings (SSSR count). The van der Waals surface area contributed by atoms with E-state index in [1.165, 1.54) is 23.7 Å². The topological polar surface area (TPSA) is 69.7 Å². The maximum absolute atomic E-state index is 13.4. The van der Waals surface area contributed by atoms with Crippen molar-refractivity contribution in [3.63, 3.8) is 0 Å². The Morgan fingerprint density at radius 1 is 0.854 bits per heavy atom. The summed E-state index contributed by atoms with van der Waals surface area (Å²) in [5.74, 6) is -1.19. The first-order valence-electron chi connectivity index (χ1n) is 13.5. The maximum atomic E-state index is 13.4. The molecule has 6 nitrogen and oxygen atoms in total. The predicted octanol–water partition coefficient (Wildman–Crippen LogP) is 6.46. The summed E-state index contributed by atoms with van der Waals surface area (Å²) >= 11 is -0.0775. The summed E-state index contributed by atoms with van der Waals surface area (Å²) in [6.07, 6.45) is 1.67. The SMILES string of the molecule is CN1C(=O)/C(=C\c2cc(C(C)(C)c3cccc4c3Nc3ccccc3C4(C)C)c[se]2)C(=O)N(c2ccccc2)C1=O. The van der Waals surface area contributed by atoms with Crippen molar-refractivity contribution in [1.82, 2.24) is 4.90 Å². The standard InChI is InChI=1S/C34H31N3O3Se/c1-33(2,26-15-11-16-27-29(26)35-28-17-10-9-14-25(28)34(27,3)4)21-18-23(41-20-21)19-24-30(38)36(5)32(40)37(31(24)39)22-12-7-6-8-13-22/h6-20,35H,1-5H3/b24-19+. The van der Waals surface area contributed by atoms with Crippen molar-refractivity contribution in [1.29, 1.82) is 0 Å². The van der Waals surface area contributed by atoms with E-state index >= 15 is 0 Å². The molecule has 1 saturated heterocycles. The Labute approximate surface area is 246 Å². The van der Waals surface area contributed by atoms with Crippen LogP contribution < -0.4 is 10.2 Å². The predicted molar refractivity (Wildman–Crippen MR) is 164 cm³/mol. The molecule has 2 aliphatic heterocycles. The van der Waals surface area contributed by atoms with Crippen LogP contribution in [0.5, 0.6) is 0 Å². The average Bonchev–Trinajstić information content (AvgIpc) is 3.44. The number of nitrogens with one attached hydrogen (secondary N) is 1. The fourth-order valence-corrected chi connectivity index (χ4v) is 7.96. The van der Waals surface area contributed by atoms with Gasteiger partial charge in [0.15, 0.2) is 0 Å². The van der Waals surface area contributed by atoms with Crippen LogP contribution in [0, 0.1) is 0 Å². The second-order valence-electron chi connectivity index (χ2n) is 11.6. The van der Waals surface area contributed by atoms with Gasteiger partial charge in [0.25, 0.3) is 0 Å². The molecular formula is C34H31N3O3Se. The molecule has 0 saturated carbocycles. The van der Waals surface area contributed by atoms with Crippen LogP contribution in [-0.2, 0) is 20.4 Å². The van der Waals surface area contributed by atoms with E-state index < -0.39 is 17.8 Å². The number of anilines is 3. The number of imide groups is 2. The first kappa shape index (κ1) is 27.0. The number of fused-ring (bicyclic) bond motifs is 2. The second kappa shape index (κ2) is 9.72. The molecule has 206 valence electrons. The van der Waals surface area contributed by atoms with Crippen molar-refractivity contribution in [3.05, 3.63) is 116 Å². The third-order valence-corrected chi connectivity index (χ3v) is 10.2. The third kappa shape index (κ3) is 4.28. The van der Waals surface area contributed by atoms with Gasteiger partial charge < -0.3 is 0 Å². The molecule has 1 aromatic heterocycles. The number of carbonyl (C=O) groups excluding carboxylic acids is 3. The number of barbiturate groups is 1. The Morgan fingerprint density at radius 3 is 2.29 bits per heavy atom. The summed E-state index contributed by atoms with van der Waals surface area (Å²) in [6.45, 7) is 8.96. The van der Waals surface area contributed by atoms with E-state index in [2.05, 4.69) is 86.5 Å². The van der Waals surface area contributed by atoms with Crippen molar-refractivity contribution in [2.24, 2.45) is 0 Å². The average molecular weight is 609 g/mol. The molecule has 1 N–H and O–H groups in total. The molecule has 0 aliphatic carbocycles. The Bertz CT molecular complexity index is 1750. The zero-order chi connectivity index (χ0) is 29.1. The molecule has 3 heterocycles. The monoisotopic (exact) mass is 609 g/mol. The number of benzene rings is 3. The summed E-state index contributed by atoms with van der Waals surface area (Å²) in [4.78, 5) is 43.7. The van der Waals surface area contributed by atoms with Gasteiger partial charge in [-0.25, -0.2) is 0 Å². The van der Waals surface area contributed by atoms with Gasteiger partial charge >= 0.3 is 247 Å². The minimum atomic E-state index is -0.653. The van der Waals surface area contributed by atoms with Gasteiger partial charge in [-0.05, 0) is 0 Å². The van der Waals surface area contributed by atoms with Crippen LogP contribution in [-0.4, -0.2) is 44.3 Å². The third-order valence-electron chi connectivity index (χ3n) is 8.36. The number of carbonyl (C=O) groups is 3. The molecule has 0 atom stereocenters. The van der Waals surface area contributed by atoms with Gasteiger partial charge in [-0.15, -0.1) is 0 Å². The Morgan fingerprint density at radius 2 is 1.54 bits per heavy atom. The summed E-state index contributed by atoms with van der Waals surface area (Å²) in [6, 6.07) is 25.1. The van der Waals surface area contributed by atoms with E-state index in [0.29, 0.717) is 5.69 Å². The fraction of sp³-hybridized carbons (Fsp3) is 0.206. The summed E-state index contributed by atoms with van der Waals surface area (Å²) in [7, 11) is 1.41. The summed E-state index contributed by atoms with van der Waals surface area (Å²) < 4.78 is 0.913. The van der Waals surface area contributed by atoms with Crippen LogP contribution in [0.2, 0.25) is 0 Å². The van der Waals surface area contributed by atoms with Crippen LogP contribution in [0.1, 0.15) is 54.4 Å². The van der Waals surface area contributed by atoms with Crippen molar-refractivity contribution in [2.45, 2.75) is 38.5 Å². The zero-order valence-electron chi connectivity index (χ0n) is 23.7. The van der Waals surface area contributed by atoms with E-state index in [1.54, 1.807) is 30.3 Å². The van der Waals surface area contributed by atoms with Crippen LogP contribution in [0.3, 0.4) is 0 Å². The first-order chi connectivity index (χ1) is 19.5. The molecule has 0 radical (unpaired) electrons. The number of urea groups is 1. The van der Waals surface area contributed by atoms with E-state index in [4.69, 9.17) is 0 Å². The number of nitrogens with zero attached hydrogens (tertiary/aromatic N) is 2. The number of para-hydroxylation sites is 3. The van der Waals surface area contributed by atoms with Crippen molar-refractivity contribution in [2.75, 3.05) is 17.3 Å². The van der Waals surface area contributed by atoms with E-state index in [1.807, 2.05) is 6.07 Å². The van der Waals surface area contributed by atoms with Gasteiger partial charge in [-0.1, -0.05) is 0 Å². The van der Waals surface area contributed by atoms with Gasteiger partial charge in [-0.2, -0.15) is 0 Å². The number of likely N-dealkylation sites (N-methyl/N-ethyl adjacent to an activating group) is 1. The quantitative estimate of drug-likeness (QED) is 0.164. The fourth-order valence-electron chi connectivity index (χ4n) is 5.84. The minimum absolute atomic E-state index is 0.00588. The van der Waals surface area contributed by atoms with Crippen LogP contribution in [0.4, 0.5) is 21.9 Å². The van der Waals surface area contributed by atoms with Gasteiger partial charge in [0.05, 0.1) is 0 Å². The number of amides is 4. The molecule has 4 amide bonds. The summed E-state index contributed by atoms with van der Waals surface area (Å²) in [5, 5.41) is 3.73. The van der Waals surface area contributed by atoms with Crippen LogP contribution in [0.25, 0.3) is 6.08 Å². The number of hydrogen-bond donors (Lipinski definition) is 1. The molecule has 7 heteroatoms. The molecule has 0 spiro atoms. The number of hydrogen-bond acceptors (Lipinski definition) is 4. The normalized spacial score (nSPS) is 17.4. The first-order valence-corrected chi connectivity index (χ1v) is 15.4. The van der Waals surface area contributed by atoms with Crippen molar-refractivity contribution < 1.29 is 14.4 Å². The van der Waals surface area contributed by atoms with Gasteiger partial charge in [-0.3, -0.25) is 0 Å². The Balaban J connectivity index is 1.37. The van der Waals surface area contributed by atoms with E-state index in [0.717, 1.165) is 31.2 Å². The van der Waals surface area contributed by atoms with Crippen LogP contribution >= 0.6 is 0 Å². The zero-order valence-corrected chi connectivity index (χ0v) is 25.4. The molecule has 3 aromatic carbocycles. The molecule has 41 heavy (non-hydrogen) atoms. The molecular weight excluding hydrogens is 577 g/mol. The Kier molecular flexibility index (Phi) is 6.40. The van der Waals surface area contributed by atoms with Crippen LogP contribution in [0.15, 0.2) is 89.4 Å². The van der Waals surface area contributed by atoms with Gasteiger partial charge in [0.2, 0.25) is 0 Å². The molecule has 0 bridgehead atoms. The van der Waals surface area contributed by atoms with Gasteiger partial charge in [0, 0.05) is 0 Å². The van der Waals surface area contributed by atoms with Crippen molar-refractivity contribution in [3.8, 4) is 0 Å². The summed E-state index contributed by atoms with van der Waals surface area (Å²) in [5.41, 5.74) is 7.04. The van der Waals surface area contributed by atoms with E-state index in [-0.39, 0.29) is 30.9 Å². The molecule has 1 fully saturated rings. The molecule has 4 aromatic rings. The molecule has 2 aliphatic rings. The van der Waals surface area contributed by atoms with E-state index in [9.17, 15) is 14.4 Å². The molecule has 0 unspecified atom stereocenters. The van der Waals surface area contributed by atoms with Gasteiger partial charge in [0.1, 0.15) is 0 Å². The second-order valence-corrected chi connectivity index (χ2v) is 13.5.